The van der Waals surface area contributed by atoms with Crippen LogP contribution in [0.1, 0.15) is 43.0 Å². The summed E-state index contributed by atoms with van der Waals surface area (Å²) in [6.45, 7) is 5.68. The van der Waals surface area contributed by atoms with Gasteiger partial charge in [0, 0.05) is 44.7 Å². The molecule has 29 heavy (non-hydrogen) atoms. The minimum absolute atomic E-state index is 0.0213. The maximum absolute atomic E-state index is 12.9. The molecule has 2 fully saturated rings. The van der Waals surface area contributed by atoms with E-state index in [-0.39, 0.29) is 11.5 Å². The maximum Gasteiger partial charge on any atom is 0.267 e. The third kappa shape index (κ3) is 4.82. The van der Waals surface area contributed by atoms with Crippen LogP contribution in [0.3, 0.4) is 0 Å². The molecule has 152 valence electrons. The molecule has 1 saturated carbocycles. The van der Waals surface area contributed by atoms with Crippen molar-refractivity contribution in [3.8, 4) is 0 Å². The van der Waals surface area contributed by atoms with Gasteiger partial charge in [0.05, 0.1) is 5.69 Å². The third-order valence-corrected chi connectivity index (χ3v) is 5.72. The van der Waals surface area contributed by atoms with E-state index in [1.165, 1.54) is 10.2 Å². The van der Waals surface area contributed by atoms with Gasteiger partial charge < -0.3 is 4.90 Å². The van der Waals surface area contributed by atoms with E-state index < -0.39 is 6.04 Å². The Kier molecular flexibility index (Phi) is 5.90. The zero-order chi connectivity index (χ0) is 20.2. The predicted octanol–water partition coefficient (Wildman–Crippen LogP) is 2.54. The topological polar surface area (TPSA) is 58.4 Å². The van der Waals surface area contributed by atoms with Crippen molar-refractivity contribution in [2.24, 2.45) is 0 Å². The lowest BCUT2D eigenvalue weighted by Gasteiger charge is -2.35. The van der Waals surface area contributed by atoms with Gasteiger partial charge in [0.2, 0.25) is 5.91 Å². The average molecular weight is 393 g/mol. The second-order valence-electron chi connectivity index (χ2n) is 7.93. The van der Waals surface area contributed by atoms with Gasteiger partial charge in [0.1, 0.15) is 6.04 Å². The Balaban J connectivity index is 1.31. The second kappa shape index (κ2) is 8.74. The molecule has 1 aromatic heterocycles. The molecular formula is C23H28N4O2. The van der Waals surface area contributed by atoms with Gasteiger partial charge >= 0.3 is 0 Å². The van der Waals surface area contributed by atoms with Crippen LogP contribution in [0.4, 0.5) is 0 Å². The molecule has 4 rings (SSSR count). The Bertz CT molecular complexity index is 925. The monoisotopic (exact) mass is 392 g/mol. The smallest absolute Gasteiger partial charge is 0.267 e. The van der Waals surface area contributed by atoms with Crippen molar-refractivity contribution in [3.63, 3.8) is 0 Å². The van der Waals surface area contributed by atoms with Gasteiger partial charge in [-0.05, 0) is 31.4 Å². The molecule has 6 heteroatoms. The van der Waals surface area contributed by atoms with Gasteiger partial charge in [-0.2, -0.15) is 5.10 Å². The molecule has 0 spiro atoms. The van der Waals surface area contributed by atoms with E-state index in [0.29, 0.717) is 19.0 Å². The molecule has 1 aliphatic heterocycles. The van der Waals surface area contributed by atoms with Crippen LogP contribution in [0.25, 0.3) is 6.08 Å². The number of nitrogens with zero attached hydrogens (tertiary/aromatic N) is 4. The van der Waals surface area contributed by atoms with Crippen molar-refractivity contribution in [2.45, 2.75) is 31.7 Å². The Morgan fingerprint density at radius 1 is 1.10 bits per heavy atom. The molecule has 2 aliphatic rings. The predicted molar refractivity (Wildman–Crippen MR) is 114 cm³/mol. The average Bonchev–Trinajstić information content (AvgIpc) is 3.60. The van der Waals surface area contributed by atoms with E-state index in [0.717, 1.165) is 38.2 Å². The fourth-order valence-electron chi connectivity index (χ4n) is 3.74. The summed E-state index contributed by atoms with van der Waals surface area (Å²) in [5.41, 5.74) is 1.92. The number of aromatic nitrogens is 2. The maximum atomic E-state index is 12.9. The van der Waals surface area contributed by atoms with Gasteiger partial charge in [0.15, 0.2) is 0 Å². The van der Waals surface area contributed by atoms with Crippen molar-refractivity contribution < 1.29 is 4.79 Å². The zero-order valence-corrected chi connectivity index (χ0v) is 16.9. The van der Waals surface area contributed by atoms with Crippen molar-refractivity contribution >= 4 is 12.0 Å². The number of carbonyl (C=O) groups excluding carboxylic acids is 1. The molecule has 2 heterocycles. The Morgan fingerprint density at radius 3 is 2.52 bits per heavy atom. The highest BCUT2D eigenvalue weighted by Crippen LogP contribution is 2.38. The highest BCUT2D eigenvalue weighted by atomic mass is 16.2. The van der Waals surface area contributed by atoms with E-state index >= 15 is 0 Å². The number of amides is 1. The first-order valence-corrected chi connectivity index (χ1v) is 10.4. The SMILES string of the molecule is CC(C(=O)N1CCN(C/C=C/c2ccccc2)CC1)n1nc(C2CC2)ccc1=O. The van der Waals surface area contributed by atoms with Crippen LogP contribution in [0.2, 0.25) is 0 Å². The molecular weight excluding hydrogens is 364 g/mol. The van der Waals surface area contributed by atoms with Crippen LogP contribution < -0.4 is 5.56 Å². The molecule has 2 aromatic rings. The number of carbonyl (C=O) groups is 1. The Hall–Kier alpha value is -2.73. The van der Waals surface area contributed by atoms with Crippen LogP contribution in [0.15, 0.2) is 53.3 Å². The van der Waals surface area contributed by atoms with Gasteiger partial charge in [-0.25, -0.2) is 4.68 Å². The van der Waals surface area contributed by atoms with Crippen molar-refractivity contribution in [3.05, 3.63) is 70.2 Å². The van der Waals surface area contributed by atoms with Crippen LogP contribution in [0.5, 0.6) is 0 Å². The number of benzene rings is 1. The number of piperazine rings is 1. The molecule has 1 aromatic carbocycles. The largest absolute Gasteiger partial charge is 0.338 e. The summed E-state index contributed by atoms with van der Waals surface area (Å²) < 4.78 is 1.37. The minimum atomic E-state index is -0.564. The fourth-order valence-corrected chi connectivity index (χ4v) is 3.74. The first kappa shape index (κ1) is 19.6. The summed E-state index contributed by atoms with van der Waals surface area (Å²) in [4.78, 5) is 29.4. The van der Waals surface area contributed by atoms with Crippen LogP contribution in [-0.2, 0) is 4.79 Å². The van der Waals surface area contributed by atoms with Crippen molar-refractivity contribution in [1.82, 2.24) is 19.6 Å². The molecule has 0 N–H and O–H groups in total. The zero-order valence-electron chi connectivity index (χ0n) is 16.9. The van der Waals surface area contributed by atoms with Crippen molar-refractivity contribution in [2.75, 3.05) is 32.7 Å². The quantitative estimate of drug-likeness (QED) is 0.758. The molecule has 1 aliphatic carbocycles. The first-order chi connectivity index (χ1) is 14.1. The van der Waals surface area contributed by atoms with Gasteiger partial charge in [0.25, 0.3) is 5.56 Å². The van der Waals surface area contributed by atoms with E-state index in [9.17, 15) is 9.59 Å². The Morgan fingerprint density at radius 2 is 1.83 bits per heavy atom. The summed E-state index contributed by atoms with van der Waals surface area (Å²) in [5.74, 6) is 0.434. The highest BCUT2D eigenvalue weighted by molar-refractivity contribution is 5.80. The minimum Gasteiger partial charge on any atom is -0.338 e. The standard InChI is InChI=1S/C23H28N4O2/c1-18(27-22(28)12-11-21(24-27)20-9-10-20)23(29)26-16-14-25(15-17-26)13-5-8-19-6-3-2-4-7-19/h2-8,11-12,18,20H,9-10,13-17H2,1H3/b8-5+. The summed E-state index contributed by atoms with van der Waals surface area (Å²) in [6.07, 6.45) is 6.54. The van der Waals surface area contributed by atoms with Gasteiger partial charge in [-0.15, -0.1) is 0 Å². The lowest BCUT2D eigenvalue weighted by Crippen LogP contribution is -2.51. The normalized spacial score (nSPS) is 18.9. The molecule has 1 atom stereocenters. The Labute approximate surface area is 171 Å². The van der Waals surface area contributed by atoms with Gasteiger partial charge in [-0.3, -0.25) is 14.5 Å². The third-order valence-electron chi connectivity index (χ3n) is 5.72. The molecule has 6 nitrogen and oxygen atoms in total. The number of hydrogen-bond donors (Lipinski definition) is 0. The van der Waals surface area contributed by atoms with Crippen molar-refractivity contribution in [1.29, 1.82) is 0 Å². The number of hydrogen-bond acceptors (Lipinski definition) is 4. The van der Waals surface area contributed by atoms with E-state index in [1.54, 1.807) is 19.1 Å². The highest BCUT2D eigenvalue weighted by Gasteiger charge is 2.29. The molecule has 1 saturated heterocycles. The summed E-state index contributed by atoms with van der Waals surface area (Å²) >= 11 is 0. The van der Waals surface area contributed by atoms with E-state index in [2.05, 4.69) is 34.3 Å². The lowest BCUT2D eigenvalue weighted by atomic mass is 10.2. The van der Waals surface area contributed by atoms with E-state index in [1.807, 2.05) is 23.1 Å². The second-order valence-corrected chi connectivity index (χ2v) is 7.93. The molecule has 1 unspecified atom stereocenters. The van der Waals surface area contributed by atoms with Crippen LogP contribution in [-0.4, -0.2) is 58.2 Å². The summed E-state index contributed by atoms with van der Waals surface area (Å²) in [7, 11) is 0. The summed E-state index contributed by atoms with van der Waals surface area (Å²) in [5, 5.41) is 4.47. The number of rotatable bonds is 6. The molecule has 0 radical (unpaired) electrons. The van der Waals surface area contributed by atoms with Gasteiger partial charge in [-0.1, -0.05) is 42.5 Å². The van der Waals surface area contributed by atoms with Crippen LogP contribution >= 0.6 is 0 Å². The lowest BCUT2D eigenvalue weighted by molar-refractivity contribution is -0.136. The van der Waals surface area contributed by atoms with E-state index in [4.69, 9.17) is 0 Å². The van der Waals surface area contributed by atoms with Crippen LogP contribution in [0, 0.1) is 0 Å². The molecule has 1 amide bonds. The first-order valence-electron chi connectivity index (χ1n) is 10.4. The fraction of sp³-hybridized carbons (Fsp3) is 0.435. The molecule has 0 bridgehead atoms. The summed E-state index contributed by atoms with van der Waals surface area (Å²) in [6, 6.07) is 13.0.